The van der Waals surface area contributed by atoms with Gasteiger partial charge < -0.3 is 19.5 Å². The fourth-order valence-electron chi connectivity index (χ4n) is 3.04. The number of carbonyl (C=O) groups excluding carboxylic acids is 2. The van der Waals surface area contributed by atoms with Gasteiger partial charge in [0, 0.05) is 32.2 Å². The number of piperazine rings is 1. The number of ether oxygens (including phenoxy) is 3. The second-order valence-corrected chi connectivity index (χ2v) is 8.40. The van der Waals surface area contributed by atoms with E-state index in [2.05, 4.69) is 21.9 Å². The molecule has 1 aliphatic rings. The van der Waals surface area contributed by atoms with Crippen LogP contribution >= 0.6 is 0 Å². The van der Waals surface area contributed by atoms with E-state index in [0.717, 1.165) is 0 Å². The Kier molecular flexibility index (Phi) is 9.26. The molecule has 1 aromatic carbocycles. The van der Waals surface area contributed by atoms with E-state index < -0.39 is 28.0 Å². The minimum Gasteiger partial charge on any atom is -0.481 e. The minimum absolute atomic E-state index is 0.0677. The molecule has 1 fully saturated rings. The normalized spacial score (nSPS) is 16.8. The zero-order chi connectivity index (χ0) is 22.9. The highest BCUT2D eigenvalue weighted by Crippen LogP contribution is 2.16. The molecule has 2 N–H and O–H groups in total. The molecule has 0 aliphatic carbocycles. The molecule has 0 spiro atoms. The SMILES string of the molecule is CC#CCOc1ccc(S(=O)(=O)NCC2CN(C(C(=O)OC)C(=O)OC)CCN2)cc1. The lowest BCUT2D eigenvalue weighted by atomic mass is 10.1. The predicted molar refractivity (Wildman–Crippen MR) is 112 cm³/mol. The third kappa shape index (κ3) is 6.93. The van der Waals surface area contributed by atoms with Crippen molar-refractivity contribution in [2.45, 2.75) is 23.9 Å². The van der Waals surface area contributed by atoms with Crippen LogP contribution in [-0.4, -0.2) is 84.3 Å². The smallest absolute Gasteiger partial charge is 0.334 e. The quantitative estimate of drug-likeness (QED) is 0.285. The number of nitrogens with one attached hydrogen (secondary N) is 2. The van der Waals surface area contributed by atoms with Gasteiger partial charge in [0.15, 0.2) is 0 Å². The summed E-state index contributed by atoms with van der Waals surface area (Å²) in [5.41, 5.74) is 0. The third-order valence-corrected chi connectivity index (χ3v) is 6.08. The average Bonchev–Trinajstić information content (AvgIpc) is 2.78. The Labute approximate surface area is 182 Å². The van der Waals surface area contributed by atoms with Gasteiger partial charge in [0.25, 0.3) is 0 Å². The van der Waals surface area contributed by atoms with Gasteiger partial charge in [0.2, 0.25) is 16.1 Å². The number of benzene rings is 1. The van der Waals surface area contributed by atoms with Crippen molar-refractivity contribution in [2.24, 2.45) is 0 Å². The second kappa shape index (κ2) is 11.7. The van der Waals surface area contributed by atoms with Crippen molar-refractivity contribution in [3.8, 4) is 17.6 Å². The van der Waals surface area contributed by atoms with Crippen LogP contribution in [0.5, 0.6) is 5.75 Å². The van der Waals surface area contributed by atoms with E-state index in [0.29, 0.717) is 18.8 Å². The molecule has 1 aromatic rings. The summed E-state index contributed by atoms with van der Waals surface area (Å²) in [6.07, 6.45) is 0. The summed E-state index contributed by atoms with van der Waals surface area (Å²) in [7, 11) is -1.37. The van der Waals surface area contributed by atoms with Crippen molar-refractivity contribution >= 4 is 22.0 Å². The molecule has 0 aromatic heterocycles. The standard InChI is InChI=1S/C20H27N3O7S/c1-4-5-12-30-16-6-8-17(9-7-16)31(26,27)22-13-15-14-23(11-10-21-15)18(19(24)28-2)20(25)29-3/h6-9,15,18,21-22H,10-14H2,1-3H3. The van der Waals surface area contributed by atoms with E-state index in [1.807, 2.05) is 0 Å². The molecular formula is C20H27N3O7S. The molecule has 2 rings (SSSR count). The van der Waals surface area contributed by atoms with Crippen LogP contribution in [0.2, 0.25) is 0 Å². The van der Waals surface area contributed by atoms with Crippen LogP contribution in [0, 0.1) is 11.8 Å². The van der Waals surface area contributed by atoms with Gasteiger partial charge in [0.1, 0.15) is 12.4 Å². The Balaban J connectivity index is 1.98. The van der Waals surface area contributed by atoms with Gasteiger partial charge >= 0.3 is 11.9 Å². The third-order valence-electron chi connectivity index (χ3n) is 4.64. The van der Waals surface area contributed by atoms with Gasteiger partial charge in [-0.3, -0.25) is 4.90 Å². The lowest BCUT2D eigenvalue weighted by Crippen LogP contribution is -2.60. The van der Waals surface area contributed by atoms with E-state index in [1.54, 1.807) is 24.0 Å². The molecule has 1 heterocycles. The van der Waals surface area contributed by atoms with Crippen molar-refractivity contribution < 1.29 is 32.2 Å². The van der Waals surface area contributed by atoms with Gasteiger partial charge in [-0.1, -0.05) is 5.92 Å². The van der Waals surface area contributed by atoms with Crippen LogP contribution in [0.25, 0.3) is 0 Å². The molecule has 31 heavy (non-hydrogen) atoms. The summed E-state index contributed by atoms with van der Waals surface area (Å²) in [5.74, 6) is 4.54. The zero-order valence-electron chi connectivity index (χ0n) is 17.7. The molecule has 10 nitrogen and oxygen atoms in total. The maximum absolute atomic E-state index is 12.6. The largest absolute Gasteiger partial charge is 0.481 e. The summed E-state index contributed by atoms with van der Waals surface area (Å²) in [5, 5.41) is 3.17. The molecular weight excluding hydrogens is 426 g/mol. The molecule has 0 saturated carbocycles. The van der Waals surface area contributed by atoms with E-state index in [4.69, 9.17) is 14.2 Å². The van der Waals surface area contributed by atoms with E-state index in [1.165, 1.54) is 26.4 Å². The second-order valence-electron chi connectivity index (χ2n) is 6.63. The average molecular weight is 454 g/mol. The first-order valence-corrected chi connectivity index (χ1v) is 11.1. The summed E-state index contributed by atoms with van der Waals surface area (Å²) >= 11 is 0. The lowest BCUT2D eigenvalue weighted by molar-refractivity contribution is -0.161. The first-order valence-electron chi connectivity index (χ1n) is 9.57. The van der Waals surface area contributed by atoms with Gasteiger partial charge in [0.05, 0.1) is 19.1 Å². The van der Waals surface area contributed by atoms with Crippen LogP contribution in [0.3, 0.4) is 0 Å². The zero-order valence-corrected chi connectivity index (χ0v) is 18.5. The van der Waals surface area contributed by atoms with Gasteiger partial charge in [-0.25, -0.2) is 22.7 Å². The molecule has 1 unspecified atom stereocenters. The van der Waals surface area contributed by atoms with Crippen LogP contribution in [-0.2, 0) is 29.1 Å². The highest BCUT2D eigenvalue weighted by Gasteiger charge is 2.37. The van der Waals surface area contributed by atoms with Crippen molar-refractivity contribution in [2.75, 3.05) is 47.0 Å². The van der Waals surface area contributed by atoms with E-state index in [-0.39, 0.29) is 30.6 Å². The fourth-order valence-corrected chi connectivity index (χ4v) is 4.12. The van der Waals surface area contributed by atoms with E-state index >= 15 is 0 Å². The Bertz CT molecular complexity index is 906. The van der Waals surface area contributed by atoms with Crippen molar-refractivity contribution in [1.82, 2.24) is 14.9 Å². The summed E-state index contributed by atoms with van der Waals surface area (Å²) < 4.78 is 42.6. The monoisotopic (exact) mass is 453 g/mol. The van der Waals surface area contributed by atoms with Crippen LogP contribution in [0.4, 0.5) is 0 Å². The number of carbonyl (C=O) groups is 2. The lowest BCUT2D eigenvalue weighted by Gasteiger charge is -2.36. The highest BCUT2D eigenvalue weighted by molar-refractivity contribution is 7.89. The number of nitrogens with zero attached hydrogens (tertiary/aromatic N) is 1. The first-order chi connectivity index (χ1) is 14.8. The molecule has 11 heteroatoms. The summed E-state index contributed by atoms with van der Waals surface area (Å²) in [4.78, 5) is 25.7. The number of rotatable bonds is 9. The van der Waals surface area contributed by atoms with Crippen LogP contribution in [0.15, 0.2) is 29.2 Å². The van der Waals surface area contributed by atoms with E-state index in [9.17, 15) is 18.0 Å². The van der Waals surface area contributed by atoms with Gasteiger partial charge in [-0.05, 0) is 31.2 Å². The predicted octanol–water partition coefficient (Wildman–Crippen LogP) is -0.645. The van der Waals surface area contributed by atoms with Crippen LogP contribution < -0.4 is 14.8 Å². The van der Waals surface area contributed by atoms with Crippen molar-refractivity contribution in [1.29, 1.82) is 0 Å². The van der Waals surface area contributed by atoms with Crippen LogP contribution in [0.1, 0.15) is 6.92 Å². The molecule has 0 amide bonds. The molecule has 1 aliphatic heterocycles. The fraction of sp³-hybridized carbons (Fsp3) is 0.500. The van der Waals surface area contributed by atoms with Crippen molar-refractivity contribution in [3.05, 3.63) is 24.3 Å². The summed E-state index contributed by atoms with van der Waals surface area (Å²) in [6.45, 7) is 3.12. The maximum atomic E-state index is 12.6. The van der Waals surface area contributed by atoms with Crippen molar-refractivity contribution in [3.63, 3.8) is 0 Å². The number of hydrogen-bond acceptors (Lipinski definition) is 9. The topological polar surface area (TPSA) is 123 Å². The number of methoxy groups -OCH3 is 2. The van der Waals surface area contributed by atoms with Gasteiger partial charge in [-0.15, -0.1) is 5.92 Å². The molecule has 0 radical (unpaired) electrons. The molecule has 0 bridgehead atoms. The summed E-state index contributed by atoms with van der Waals surface area (Å²) in [6, 6.07) is 4.49. The van der Waals surface area contributed by atoms with Gasteiger partial charge in [-0.2, -0.15) is 0 Å². The Morgan fingerprint density at radius 3 is 2.45 bits per heavy atom. The Hall–Kier alpha value is -2.65. The number of sulfonamides is 1. The first kappa shape index (κ1) is 24.6. The Morgan fingerprint density at radius 2 is 1.87 bits per heavy atom. The highest BCUT2D eigenvalue weighted by atomic mass is 32.2. The minimum atomic E-state index is -3.76. The number of esters is 2. The molecule has 1 atom stereocenters. The maximum Gasteiger partial charge on any atom is 0.334 e. The Morgan fingerprint density at radius 1 is 1.23 bits per heavy atom. The molecule has 170 valence electrons. The molecule has 1 saturated heterocycles. The number of hydrogen-bond donors (Lipinski definition) is 2.